The van der Waals surface area contributed by atoms with Gasteiger partial charge in [-0.2, -0.15) is 0 Å². The van der Waals surface area contributed by atoms with Crippen LogP contribution in [-0.4, -0.2) is 34.5 Å². The molecule has 0 rings (SSSR count). The molecule has 0 aliphatic heterocycles. The van der Waals surface area contributed by atoms with Crippen LogP contribution in [0.15, 0.2) is 0 Å². The molecule has 3 N–H and O–H groups in total. The van der Waals surface area contributed by atoms with Crippen molar-refractivity contribution in [2.45, 2.75) is 78.6 Å². The van der Waals surface area contributed by atoms with Crippen LogP contribution < -0.4 is 0 Å². The zero-order valence-electron chi connectivity index (χ0n) is 17.1. The Labute approximate surface area is 182 Å². The zero-order valence-corrected chi connectivity index (χ0v) is 21.2. The summed E-state index contributed by atoms with van der Waals surface area (Å²) in [5, 5.41) is 0. The Bertz CT molecular complexity index is 311. The molecule has 0 fully saturated rings. The Balaban J connectivity index is -0.000000152. The summed E-state index contributed by atoms with van der Waals surface area (Å²) in [6, 6.07) is 0. The molecule has 0 aromatic rings. The van der Waals surface area contributed by atoms with Crippen LogP contribution in [0.3, 0.4) is 0 Å². The van der Waals surface area contributed by atoms with Crippen molar-refractivity contribution in [3.05, 3.63) is 0 Å². The van der Waals surface area contributed by atoms with Gasteiger partial charge in [0.2, 0.25) is 0 Å². The van der Waals surface area contributed by atoms with Gasteiger partial charge in [0.05, 0.1) is 19.8 Å². The Morgan fingerprint density at radius 3 is 0.893 bits per heavy atom. The predicted octanol–water partition coefficient (Wildman–Crippen LogP) is 4.72. The number of hydrogen-bond acceptors (Lipinski definition) is 6. The maximum atomic E-state index is 9.93. The van der Waals surface area contributed by atoms with Crippen molar-refractivity contribution in [3.63, 3.8) is 0 Å². The monoisotopic (exact) mass is 515 g/mol. The van der Waals surface area contributed by atoms with Gasteiger partial charge in [-0.05, 0) is 19.3 Å². The average molecular weight is 515 g/mol. The van der Waals surface area contributed by atoms with Crippen LogP contribution in [0, 0.1) is 0 Å². The van der Waals surface area contributed by atoms with Crippen LogP contribution in [-0.2, 0) is 44.0 Å². The minimum Gasteiger partial charge on any atom is -0.326 e. The molecule has 0 saturated heterocycles. The van der Waals surface area contributed by atoms with Crippen molar-refractivity contribution < 1.29 is 58.7 Å². The van der Waals surface area contributed by atoms with Crippen LogP contribution in [0.1, 0.15) is 78.6 Å². The fourth-order valence-electron chi connectivity index (χ4n) is 1.53. The second kappa shape index (κ2) is 32.6. The van der Waals surface area contributed by atoms with E-state index in [0.29, 0.717) is 19.8 Å². The van der Waals surface area contributed by atoms with Crippen LogP contribution >= 0.6 is 24.8 Å². The van der Waals surface area contributed by atoms with Crippen molar-refractivity contribution in [1.82, 2.24) is 0 Å². The van der Waals surface area contributed by atoms with E-state index in [-0.39, 0.29) is 16.8 Å². The summed E-state index contributed by atoms with van der Waals surface area (Å²) >= 11 is 0. The first-order valence-corrected chi connectivity index (χ1v) is 13.2. The third-order valence-electron chi connectivity index (χ3n) is 2.92. The summed E-state index contributed by atoms with van der Waals surface area (Å²) in [4.78, 5) is 24.5. The van der Waals surface area contributed by atoms with E-state index in [0.717, 1.165) is 57.8 Å². The first-order valence-electron chi connectivity index (χ1n) is 9.38. The van der Waals surface area contributed by atoms with E-state index in [9.17, 15) is 13.7 Å². The first kappa shape index (κ1) is 36.3. The Hall–Kier alpha value is 0.956. The molecule has 0 aromatic heterocycles. The molecule has 0 bridgehead atoms. The Morgan fingerprint density at radius 2 is 0.750 bits per heavy atom. The van der Waals surface area contributed by atoms with Crippen molar-refractivity contribution in [2.24, 2.45) is 0 Å². The normalized spacial score (nSPS) is 13.1. The fraction of sp³-hybridized carbons (Fsp3) is 1.00. The van der Waals surface area contributed by atoms with Crippen molar-refractivity contribution in [2.75, 3.05) is 19.8 Å². The van der Waals surface area contributed by atoms with Crippen LogP contribution in [0.5, 0.6) is 0 Å². The van der Waals surface area contributed by atoms with Gasteiger partial charge in [0.1, 0.15) is 0 Å². The summed E-state index contributed by atoms with van der Waals surface area (Å²) in [6.45, 7) is 7.47. The standard InChI is InChI=1S/3C5H13O3P.Co/c3*1-2-3-4-5-8-9(6)7;/h3*9H,2-5H2,1H3,(H,6,7);. The molecule has 0 aliphatic carbocycles. The summed E-state index contributed by atoms with van der Waals surface area (Å²) in [7, 11) is -8.00. The van der Waals surface area contributed by atoms with Crippen LogP contribution in [0.2, 0.25) is 0 Å². The average Bonchev–Trinajstić information content (AvgIpc) is 2.60. The molecule has 13 heteroatoms. The van der Waals surface area contributed by atoms with E-state index < -0.39 is 24.8 Å². The topological polar surface area (TPSA) is 140 Å². The van der Waals surface area contributed by atoms with Gasteiger partial charge >= 0.3 is 24.8 Å². The van der Waals surface area contributed by atoms with Gasteiger partial charge in [0, 0.05) is 16.8 Å². The molecule has 0 amide bonds. The van der Waals surface area contributed by atoms with Gasteiger partial charge in [-0.25, -0.2) is 0 Å². The third-order valence-corrected chi connectivity index (χ3v) is 4.27. The molecule has 3 unspecified atom stereocenters. The smallest absolute Gasteiger partial charge is 0.316 e. The van der Waals surface area contributed by atoms with Crippen molar-refractivity contribution in [1.29, 1.82) is 0 Å². The van der Waals surface area contributed by atoms with Gasteiger partial charge in [-0.15, -0.1) is 0 Å². The van der Waals surface area contributed by atoms with Crippen LogP contribution in [0.25, 0.3) is 0 Å². The largest absolute Gasteiger partial charge is 0.326 e. The maximum Gasteiger partial charge on any atom is 0.316 e. The second-order valence-electron chi connectivity index (χ2n) is 5.46. The molecular weight excluding hydrogens is 476 g/mol. The first-order chi connectivity index (χ1) is 12.8. The summed E-state index contributed by atoms with van der Waals surface area (Å²) in [5.74, 6) is 0. The summed E-state index contributed by atoms with van der Waals surface area (Å²) in [6.07, 6.45) is 9.16. The molecule has 177 valence electrons. The minimum atomic E-state index is -2.67. The van der Waals surface area contributed by atoms with E-state index in [1.54, 1.807) is 0 Å². The van der Waals surface area contributed by atoms with E-state index >= 15 is 0 Å². The molecule has 0 heterocycles. The molecule has 28 heavy (non-hydrogen) atoms. The van der Waals surface area contributed by atoms with Gasteiger partial charge < -0.3 is 28.3 Å². The molecule has 0 aromatic carbocycles. The predicted molar refractivity (Wildman–Crippen MR) is 110 cm³/mol. The number of unbranched alkanes of at least 4 members (excludes halogenated alkanes) is 6. The summed E-state index contributed by atoms with van der Waals surface area (Å²) < 4.78 is 43.1. The van der Waals surface area contributed by atoms with E-state index in [4.69, 9.17) is 14.7 Å². The molecule has 0 spiro atoms. The van der Waals surface area contributed by atoms with Gasteiger partial charge in [-0.1, -0.05) is 59.3 Å². The quantitative estimate of drug-likeness (QED) is 0.209. The SMILES string of the molecule is CCCCCO[PH](=O)O.CCCCCO[PH](=O)O.CCCCCO[PH](=O)O.[Co]. The van der Waals surface area contributed by atoms with Gasteiger partial charge in [0.15, 0.2) is 0 Å². The Morgan fingerprint density at radius 1 is 0.536 bits per heavy atom. The molecule has 3 atom stereocenters. The molecule has 0 aliphatic rings. The second-order valence-corrected chi connectivity index (χ2v) is 7.93. The molecule has 0 saturated carbocycles. The maximum absolute atomic E-state index is 9.93. The van der Waals surface area contributed by atoms with E-state index in [1.165, 1.54) is 0 Å². The van der Waals surface area contributed by atoms with Crippen LogP contribution in [0.4, 0.5) is 0 Å². The summed E-state index contributed by atoms with van der Waals surface area (Å²) in [5.41, 5.74) is 0. The van der Waals surface area contributed by atoms with E-state index in [1.807, 2.05) is 0 Å². The fourth-order valence-corrected chi connectivity index (χ4v) is 2.49. The Kier molecular flexibility index (Phi) is 42.3. The van der Waals surface area contributed by atoms with Crippen molar-refractivity contribution >= 4 is 24.8 Å². The minimum absolute atomic E-state index is 0. The van der Waals surface area contributed by atoms with Gasteiger partial charge in [-0.3, -0.25) is 13.7 Å². The van der Waals surface area contributed by atoms with E-state index in [2.05, 4.69) is 34.3 Å². The zero-order chi connectivity index (χ0) is 21.3. The molecule has 1 radical (unpaired) electrons. The van der Waals surface area contributed by atoms with Gasteiger partial charge in [0.25, 0.3) is 0 Å². The van der Waals surface area contributed by atoms with Crippen molar-refractivity contribution in [3.8, 4) is 0 Å². The number of hydrogen-bond donors (Lipinski definition) is 3. The molecule has 9 nitrogen and oxygen atoms in total. The molecular formula is C15H39CoO9P3. The third kappa shape index (κ3) is 50.5. The number of rotatable bonds is 15.